The van der Waals surface area contributed by atoms with Crippen molar-refractivity contribution in [1.82, 2.24) is 0 Å². The molecule has 0 saturated carbocycles. The molecule has 0 aliphatic rings. The summed E-state index contributed by atoms with van der Waals surface area (Å²) >= 11 is 1.56. The van der Waals surface area contributed by atoms with E-state index >= 15 is 0 Å². The van der Waals surface area contributed by atoms with Crippen LogP contribution in [0.1, 0.15) is 21.5 Å². The maximum absolute atomic E-state index is 12.1. The molecule has 19 heavy (non-hydrogen) atoms. The standard InChI is InChI=1S/C17H14OS/c1-13-7-9-14(10-8-13)11-12-16(18)15-5-3-4-6-17(15)19-2/h3-10H,1-2H3. The van der Waals surface area contributed by atoms with Crippen LogP contribution in [0, 0.1) is 18.8 Å². The molecule has 2 rings (SSSR count). The van der Waals surface area contributed by atoms with E-state index in [0.717, 1.165) is 10.5 Å². The third kappa shape index (κ3) is 3.49. The molecule has 0 aliphatic carbocycles. The van der Waals surface area contributed by atoms with E-state index < -0.39 is 0 Å². The Morgan fingerprint density at radius 3 is 2.42 bits per heavy atom. The average Bonchev–Trinajstić information content (AvgIpc) is 2.46. The van der Waals surface area contributed by atoms with Crippen molar-refractivity contribution in [2.45, 2.75) is 11.8 Å². The van der Waals surface area contributed by atoms with E-state index in [-0.39, 0.29) is 5.78 Å². The Morgan fingerprint density at radius 1 is 1.05 bits per heavy atom. The summed E-state index contributed by atoms with van der Waals surface area (Å²) in [6.07, 6.45) is 1.96. The zero-order chi connectivity index (χ0) is 13.7. The molecule has 0 atom stereocenters. The van der Waals surface area contributed by atoms with Crippen LogP contribution in [0.15, 0.2) is 53.4 Å². The van der Waals surface area contributed by atoms with Gasteiger partial charge in [0.1, 0.15) is 0 Å². The molecular formula is C17H14OS. The number of hydrogen-bond donors (Lipinski definition) is 0. The van der Waals surface area contributed by atoms with E-state index in [1.165, 1.54) is 5.56 Å². The summed E-state index contributed by atoms with van der Waals surface area (Å²) < 4.78 is 0. The third-order valence-corrected chi connectivity index (χ3v) is 3.52. The number of benzene rings is 2. The van der Waals surface area contributed by atoms with Crippen molar-refractivity contribution in [3.63, 3.8) is 0 Å². The lowest BCUT2D eigenvalue weighted by Gasteiger charge is -2.01. The fourth-order valence-corrected chi connectivity index (χ4v) is 2.26. The molecule has 0 spiro atoms. The van der Waals surface area contributed by atoms with Gasteiger partial charge in [0.15, 0.2) is 0 Å². The minimum atomic E-state index is -0.134. The van der Waals surface area contributed by atoms with Crippen LogP contribution in [-0.4, -0.2) is 12.0 Å². The lowest BCUT2D eigenvalue weighted by Crippen LogP contribution is -1.97. The largest absolute Gasteiger partial charge is 0.279 e. The zero-order valence-corrected chi connectivity index (χ0v) is 11.8. The highest BCUT2D eigenvalue weighted by molar-refractivity contribution is 7.98. The number of aryl methyl sites for hydroxylation is 1. The number of hydrogen-bond acceptors (Lipinski definition) is 2. The minimum absolute atomic E-state index is 0.134. The summed E-state index contributed by atoms with van der Waals surface area (Å²) in [6, 6.07) is 15.4. The fraction of sp³-hybridized carbons (Fsp3) is 0.118. The summed E-state index contributed by atoms with van der Waals surface area (Å²) in [5.41, 5.74) is 2.72. The van der Waals surface area contributed by atoms with Crippen molar-refractivity contribution in [2.75, 3.05) is 6.26 Å². The molecule has 0 fully saturated rings. The van der Waals surface area contributed by atoms with Crippen LogP contribution in [0.3, 0.4) is 0 Å². The first-order valence-corrected chi connectivity index (χ1v) is 7.19. The van der Waals surface area contributed by atoms with Gasteiger partial charge in [-0.3, -0.25) is 4.79 Å². The van der Waals surface area contributed by atoms with Crippen molar-refractivity contribution < 1.29 is 4.79 Å². The number of thioether (sulfide) groups is 1. The van der Waals surface area contributed by atoms with Gasteiger partial charge in [-0.15, -0.1) is 11.8 Å². The van der Waals surface area contributed by atoms with E-state index in [1.807, 2.05) is 61.7 Å². The first kappa shape index (κ1) is 13.5. The van der Waals surface area contributed by atoms with Gasteiger partial charge in [-0.1, -0.05) is 35.7 Å². The number of carbonyl (C=O) groups is 1. The van der Waals surface area contributed by atoms with Crippen LogP contribution in [-0.2, 0) is 0 Å². The molecule has 0 N–H and O–H groups in total. The zero-order valence-electron chi connectivity index (χ0n) is 10.9. The van der Waals surface area contributed by atoms with Crippen LogP contribution in [0.25, 0.3) is 0 Å². The molecule has 2 heteroatoms. The fourth-order valence-electron chi connectivity index (χ4n) is 1.67. The van der Waals surface area contributed by atoms with Crippen LogP contribution in [0.2, 0.25) is 0 Å². The molecule has 0 bridgehead atoms. The monoisotopic (exact) mass is 266 g/mol. The smallest absolute Gasteiger partial charge is 0.237 e. The second kappa shape index (κ2) is 6.26. The Labute approximate surface area is 118 Å². The quantitative estimate of drug-likeness (QED) is 0.465. The molecule has 0 heterocycles. The molecule has 2 aromatic rings. The molecular weight excluding hydrogens is 252 g/mol. The first-order valence-electron chi connectivity index (χ1n) is 5.97. The highest BCUT2D eigenvalue weighted by Gasteiger charge is 2.06. The van der Waals surface area contributed by atoms with E-state index in [0.29, 0.717) is 5.56 Å². The molecule has 0 aromatic heterocycles. The van der Waals surface area contributed by atoms with E-state index in [2.05, 4.69) is 11.8 Å². The van der Waals surface area contributed by atoms with Crippen molar-refractivity contribution in [1.29, 1.82) is 0 Å². The highest BCUT2D eigenvalue weighted by Crippen LogP contribution is 2.19. The number of rotatable bonds is 2. The van der Waals surface area contributed by atoms with Gasteiger partial charge in [0, 0.05) is 16.0 Å². The summed E-state index contributed by atoms with van der Waals surface area (Å²) in [7, 11) is 0. The summed E-state index contributed by atoms with van der Waals surface area (Å²) in [5, 5.41) is 0. The summed E-state index contributed by atoms with van der Waals surface area (Å²) in [6.45, 7) is 2.02. The maximum Gasteiger partial charge on any atom is 0.237 e. The van der Waals surface area contributed by atoms with Gasteiger partial charge in [-0.25, -0.2) is 0 Å². The van der Waals surface area contributed by atoms with Crippen LogP contribution in [0.4, 0.5) is 0 Å². The highest BCUT2D eigenvalue weighted by atomic mass is 32.2. The Hall–Kier alpha value is -1.98. The molecule has 0 unspecified atom stereocenters. The van der Waals surface area contributed by atoms with Crippen molar-refractivity contribution in [3.05, 3.63) is 65.2 Å². The van der Waals surface area contributed by atoms with Gasteiger partial charge in [0.2, 0.25) is 5.78 Å². The third-order valence-electron chi connectivity index (χ3n) is 2.72. The maximum atomic E-state index is 12.1. The molecule has 1 nitrogen and oxygen atoms in total. The minimum Gasteiger partial charge on any atom is -0.279 e. The molecule has 2 aromatic carbocycles. The van der Waals surface area contributed by atoms with Crippen LogP contribution < -0.4 is 0 Å². The van der Waals surface area contributed by atoms with Crippen molar-refractivity contribution in [2.24, 2.45) is 0 Å². The van der Waals surface area contributed by atoms with Gasteiger partial charge in [-0.05, 0) is 43.4 Å². The summed E-state index contributed by atoms with van der Waals surface area (Å²) in [4.78, 5) is 13.0. The van der Waals surface area contributed by atoms with Crippen molar-refractivity contribution in [3.8, 4) is 11.8 Å². The lowest BCUT2D eigenvalue weighted by molar-refractivity contribution is 0.105. The molecule has 0 amide bonds. The van der Waals surface area contributed by atoms with Gasteiger partial charge in [0.05, 0.1) is 0 Å². The Kier molecular flexibility index (Phi) is 4.43. The average molecular weight is 266 g/mol. The predicted molar refractivity (Wildman–Crippen MR) is 80.6 cm³/mol. The predicted octanol–water partition coefficient (Wildman–Crippen LogP) is 3.95. The Bertz CT molecular complexity index is 645. The number of Topliss-reactive ketones (excluding diaryl/α,β-unsaturated/α-hetero) is 1. The van der Waals surface area contributed by atoms with E-state index in [1.54, 1.807) is 11.8 Å². The molecule has 0 radical (unpaired) electrons. The molecule has 0 aliphatic heterocycles. The van der Waals surface area contributed by atoms with Gasteiger partial charge in [0.25, 0.3) is 0 Å². The van der Waals surface area contributed by atoms with Crippen LogP contribution >= 0.6 is 11.8 Å². The number of carbonyl (C=O) groups excluding carboxylic acids is 1. The second-order valence-corrected chi connectivity index (χ2v) is 4.99. The Morgan fingerprint density at radius 2 is 1.74 bits per heavy atom. The lowest BCUT2D eigenvalue weighted by atomic mass is 10.1. The van der Waals surface area contributed by atoms with Crippen molar-refractivity contribution >= 4 is 17.5 Å². The first-order chi connectivity index (χ1) is 9.20. The second-order valence-electron chi connectivity index (χ2n) is 4.15. The van der Waals surface area contributed by atoms with E-state index in [9.17, 15) is 4.79 Å². The molecule has 94 valence electrons. The van der Waals surface area contributed by atoms with Gasteiger partial charge in [-0.2, -0.15) is 0 Å². The van der Waals surface area contributed by atoms with Gasteiger partial charge < -0.3 is 0 Å². The van der Waals surface area contributed by atoms with Gasteiger partial charge >= 0.3 is 0 Å². The SMILES string of the molecule is CSc1ccccc1C(=O)C#Cc1ccc(C)cc1. The summed E-state index contributed by atoms with van der Waals surface area (Å²) in [5.74, 6) is 5.49. The Balaban J connectivity index is 2.24. The topological polar surface area (TPSA) is 17.1 Å². The number of ketones is 1. The molecule has 0 saturated heterocycles. The van der Waals surface area contributed by atoms with Crippen LogP contribution in [0.5, 0.6) is 0 Å². The normalized spacial score (nSPS) is 9.58. The van der Waals surface area contributed by atoms with E-state index in [4.69, 9.17) is 0 Å².